The van der Waals surface area contributed by atoms with Crippen LogP contribution in [-0.2, 0) is 0 Å². The van der Waals surface area contributed by atoms with Gasteiger partial charge in [-0.2, -0.15) is 0 Å². The smallest absolute Gasteiger partial charge is 0.150 e. The van der Waals surface area contributed by atoms with E-state index >= 15 is 0 Å². The summed E-state index contributed by atoms with van der Waals surface area (Å²) in [5.74, 6) is 0. The third-order valence-electron chi connectivity index (χ3n) is 6.07. The van der Waals surface area contributed by atoms with Gasteiger partial charge in [-0.3, -0.25) is 9.59 Å². The van der Waals surface area contributed by atoms with Crippen LogP contribution in [-0.4, -0.2) is 12.6 Å². The molecule has 2 heteroatoms. The molecule has 152 valence electrons. The van der Waals surface area contributed by atoms with Gasteiger partial charge in [0.25, 0.3) is 0 Å². The second-order valence-corrected chi connectivity index (χ2v) is 8.12. The third kappa shape index (κ3) is 4.04. The topological polar surface area (TPSA) is 34.1 Å². The van der Waals surface area contributed by atoms with Gasteiger partial charge in [-0.15, -0.1) is 0 Å². The zero-order valence-corrected chi connectivity index (χ0v) is 18.6. The van der Waals surface area contributed by atoms with Crippen molar-refractivity contribution in [2.24, 2.45) is 0 Å². The zero-order valence-electron chi connectivity index (χ0n) is 18.6. The second kappa shape index (κ2) is 8.62. The number of carbonyl (C=O) groups excluding carboxylic acids is 2. The van der Waals surface area contributed by atoms with Crippen LogP contribution in [0.5, 0.6) is 0 Å². The summed E-state index contributed by atoms with van der Waals surface area (Å²) in [5, 5.41) is 4.86. The first-order valence-electron chi connectivity index (χ1n) is 10.2. The second-order valence-electron chi connectivity index (χ2n) is 8.12. The lowest BCUT2D eigenvalue weighted by atomic mass is 9.95. The van der Waals surface area contributed by atoms with Crippen LogP contribution in [0.3, 0.4) is 0 Å². The third-order valence-corrected chi connectivity index (χ3v) is 6.07. The van der Waals surface area contributed by atoms with E-state index in [0.29, 0.717) is 0 Å². The fraction of sp³-hybridized carbons (Fsp3) is 0.214. The summed E-state index contributed by atoms with van der Waals surface area (Å²) >= 11 is 0. The van der Waals surface area contributed by atoms with Crippen LogP contribution in [0.1, 0.15) is 54.1 Å². The normalized spacial score (nSPS) is 10.6. The maximum Gasteiger partial charge on any atom is 0.150 e. The lowest BCUT2D eigenvalue weighted by molar-refractivity contribution is 0.111. The molecule has 0 saturated carbocycles. The van der Waals surface area contributed by atoms with E-state index < -0.39 is 0 Å². The fourth-order valence-electron chi connectivity index (χ4n) is 4.02. The highest BCUT2D eigenvalue weighted by atomic mass is 16.1. The Kier molecular flexibility index (Phi) is 6.17. The molecule has 0 saturated heterocycles. The number of aldehydes is 2. The Labute approximate surface area is 178 Å². The highest BCUT2D eigenvalue weighted by Gasteiger charge is 2.05. The lowest BCUT2D eigenvalue weighted by Crippen LogP contribution is -1.89. The molecule has 0 aliphatic rings. The Hall–Kier alpha value is -3.26. The molecule has 0 aliphatic carbocycles. The molecule has 4 aromatic rings. The average molecular weight is 397 g/mol. The molecular formula is C28H28O2. The average Bonchev–Trinajstić information content (AvgIpc) is 2.75. The highest BCUT2D eigenvalue weighted by molar-refractivity contribution is 5.94. The predicted octanol–water partition coefficient (Wildman–Crippen LogP) is 7.16. The van der Waals surface area contributed by atoms with Gasteiger partial charge in [0.2, 0.25) is 0 Å². The van der Waals surface area contributed by atoms with Gasteiger partial charge >= 0.3 is 0 Å². The molecule has 0 aliphatic heterocycles. The molecule has 0 amide bonds. The van der Waals surface area contributed by atoms with E-state index in [-0.39, 0.29) is 0 Å². The van der Waals surface area contributed by atoms with Crippen LogP contribution in [0, 0.1) is 41.5 Å². The largest absolute Gasteiger partial charge is 0.298 e. The number of hydrogen-bond acceptors (Lipinski definition) is 2. The van der Waals surface area contributed by atoms with Crippen molar-refractivity contribution >= 4 is 34.1 Å². The van der Waals surface area contributed by atoms with Crippen LogP contribution in [0.15, 0.2) is 48.5 Å². The number of hydrogen-bond donors (Lipinski definition) is 0. The number of rotatable bonds is 2. The quantitative estimate of drug-likeness (QED) is 0.337. The van der Waals surface area contributed by atoms with E-state index in [9.17, 15) is 9.59 Å². The summed E-state index contributed by atoms with van der Waals surface area (Å²) in [6.07, 6.45) is 1.80. The summed E-state index contributed by atoms with van der Waals surface area (Å²) in [4.78, 5) is 21.4. The van der Waals surface area contributed by atoms with Gasteiger partial charge in [0.05, 0.1) is 0 Å². The molecule has 0 spiro atoms. The number of fused-ring (bicyclic) bond motifs is 2. The van der Waals surface area contributed by atoms with Crippen molar-refractivity contribution < 1.29 is 9.59 Å². The van der Waals surface area contributed by atoms with Crippen molar-refractivity contribution in [1.82, 2.24) is 0 Å². The Bertz CT molecular complexity index is 1280. The number of benzene rings is 4. The van der Waals surface area contributed by atoms with Crippen molar-refractivity contribution in [2.75, 3.05) is 0 Å². The molecular weight excluding hydrogens is 368 g/mol. The molecule has 30 heavy (non-hydrogen) atoms. The first kappa shape index (κ1) is 21.4. The van der Waals surface area contributed by atoms with E-state index in [1.54, 1.807) is 0 Å². The van der Waals surface area contributed by atoms with Gasteiger partial charge in [-0.1, -0.05) is 36.4 Å². The molecule has 4 rings (SSSR count). The zero-order chi connectivity index (χ0) is 22.0. The van der Waals surface area contributed by atoms with Crippen molar-refractivity contribution in [2.45, 2.75) is 41.5 Å². The maximum absolute atomic E-state index is 10.7. The predicted molar refractivity (Wildman–Crippen MR) is 127 cm³/mol. The van der Waals surface area contributed by atoms with Gasteiger partial charge in [0.1, 0.15) is 12.6 Å². The number of aryl methyl sites for hydroxylation is 6. The molecule has 2 nitrogen and oxygen atoms in total. The molecule has 0 fully saturated rings. The molecule has 0 N–H and O–H groups in total. The van der Waals surface area contributed by atoms with E-state index in [1.165, 1.54) is 54.9 Å². The SMILES string of the molecule is Cc1cc(C)c2cc(C=O)ccc2c1C.Cc1cc(C)c2ccc(C=O)cc2c1C. The van der Waals surface area contributed by atoms with Crippen LogP contribution >= 0.6 is 0 Å². The van der Waals surface area contributed by atoms with E-state index in [2.05, 4.69) is 53.7 Å². The van der Waals surface area contributed by atoms with E-state index in [1.807, 2.05) is 36.4 Å². The molecule has 4 aromatic carbocycles. The first-order chi connectivity index (χ1) is 14.3. The van der Waals surface area contributed by atoms with Gasteiger partial charge in [-0.25, -0.2) is 0 Å². The van der Waals surface area contributed by atoms with Gasteiger partial charge in [0.15, 0.2) is 0 Å². The molecule has 0 aromatic heterocycles. The maximum atomic E-state index is 10.7. The Morgan fingerprint density at radius 2 is 0.900 bits per heavy atom. The molecule has 0 heterocycles. The van der Waals surface area contributed by atoms with Crippen LogP contribution in [0.4, 0.5) is 0 Å². The molecule has 0 unspecified atom stereocenters. The summed E-state index contributed by atoms with van der Waals surface area (Å²) in [6, 6.07) is 16.1. The summed E-state index contributed by atoms with van der Waals surface area (Å²) in [6.45, 7) is 12.6. The minimum atomic E-state index is 0.744. The lowest BCUT2D eigenvalue weighted by Gasteiger charge is -2.09. The minimum absolute atomic E-state index is 0.744. The fourth-order valence-corrected chi connectivity index (χ4v) is 4.02. The van der Waals surface area contributed by atoms with Gasteiger partial charge < -0.3 is 0 Å². The Morgan fingerprint density at radius 1 is 0.467 bits per heavy atom. The minimum Gasteiger partial charge on any atom is -0.298 e. The Morgan fingerprint density at radius 3 is 1.43 bits per heavy atom. The van der Waals surface area contributed by atoms with Crippen molar-refractivity contribution in [3.05, 3.63) is 93.0 Å². The molecule has 0 radical (unpaired) electrons. The van der Waals surface area contributed by atoms with Gasteiger partial charge in [0, 0.05) is 11.1 Å². The van der Waals surface area contributed by atoms with Crippen molar-refractivity contribution in [3.63, 3.8) is 0 Å². The van der Waals surface area contributed by atoms with Gasteiger partial charge in [-0.05, 0) is 109 Å². The summed E-state index contributed by atoms with van der Waals surface area (Å²) < 4.78 is 0. The number of carbonyl (C=O) groups is 2. The monoisotopic (exact) mass is 396 g/mol. The molecule has 0 bridgehead atoms. The van der Waals surface area contributed by atoms with Crippen molar-refractivity contribution in [1.29, 1.82) is 0 Å². The first-order valence-corrected chi connectivity index (χ1v) is 10.2. The van der Waals surface area contributed by atoms with Crippen LogP contribution in [0.2, 0.25) is 0 Å². The highest BCUT2D eigenvalue weighted by Crippen LogP contribution is 2.26. The molecule has 0 atom stereocenters. The van der Waals surface area contributed by atoms with E-state index in [4.69, 9.17) is 0 Å². The van der Waals surface area contributed by atoms with Crippen molar-refractivity contribution in [3.8, 4) is 0 Å². The summed E-state index contributed by atoms with van der Waals surface area (Å²) in [7, 11) is 0. The standard InChI is InChI=1S/2C14H14O/c1-9-6-10(2)14-7-12(8-15)4-5-13(14)11(9)3;1-9-6-10(2)13-5-4-12(8-15)7-14(13)11(9)3/h2*4-8H,1-3H3. The van der Waals surface area contributed by atoms with Crippen LogP contribution in [0.25, 0.3) is 21.5 Å². The Balaban J connectivity index is 0.000000171. The van der Waals surface area contributed by atoms with E-state index in [0.717, 1.165) is 23.7 Å². The van der Waals surface area contributed by atoms with Crippen LogP contribution < -0.4 is 0 Å². The summed E-state index contributed by atoms with van der Waals surface area (Å²) in [5.41, 5.74) is 9.14.